The first-order valence-electron chi connectivity index (χ1n) is 11.1. The molecular formula is C24H25Cl2N5O3. The molecule has 1 atom stereocenters. The Morgan fingerprint density at radius 1 is 1.24 bits per heavy atom. The molecule has 178 valence electrons. The summed E-state index contributed by atoms with van der Waals surface area (Å²) in [5.41, 5.74) is 2.62. The third-order valence-electron chi connectivity index (χ3n) is 5.92. The largest absolute Gasteiger partial charge is 0.356 e. The van der Waals surface area contributed by atoms with E-state index in [1.54, 1.807) is 34.2 Å². The third-order valence-corrected chi connectivity index (χ3v) is 6.49. The summed E-state index contributed by atoms with van der Waals surface area (Å²) in [6.45, 7) is 3.24. The van der Waals surface area contributed by atoms with Crippen LogP contribution in [0, 0.1) is 0 Å². The predicted molar refractivity (Wildman–Crippen MR) is 129 cm³/mol. The summed E-state index contributed by atoms with van der Waals surface area (Å²) in [5.74, 6) is -0.363. The first-order chi connectivity index (χ1) is 16.4. The Morgan fingerprint density at radius 3 is 2.76 bits per heavy atom. The van der Waals surface area contributed by atoms with Crippen LogP contribution in [0.15, 0.2) is 53.9 Å². The van der Waals surface area contributed by atoms with Crippen molar-refractivity contribution in [3.05, 3.63) is 75.2 Å². The van der Waals surface area contributed by atoms with Crippen LogP contribution in [0.3, 0.4) is 0 Å². The van der Waals surface area contributed by atoms with Crippen LogP contribution in [0.4, 0.5) is 4.79 Å². The van der Waals surface area contributed by atoms with E-state index in [-0.39, 0.29) is 37.4 Å². The molecule has 1 aromatic carbocycles. The van der Waals surface area contributed by atoms with Gasteiger partial charge in [-0.05, 0) is 36.8 Å². The fourth-order valence-corrected chi connectivity index (χ4v) is 4.75. The number of rotatable bonds is 8. The SMILES string of the molecule is CCN1C(=O)N[C@@H](c2ccc(Cl)cc2Cl)C2=C1CN(CCC(=O)NCCc1ccccn1)C2=O. The molecule has 4 rings (SSSR count). The van der Waals surface area contributed by atoms with Crippen LogP contribution >= 0.6 is 23.2 Å². The van der Waals surface area contributed by atoms with Gasteiger partial charge in [-0.3, -0.25) is 19.5 Å². The van der Waals surface area contributed by atoms with Crippen LogP contribution in [0.25, 0.3) is 0 Å². The first kappa shape index (κ1) is 24.0. The van der Waals surface area contributed by atoms with Gasteiger partial charge in [0.1, 0.15) is 0 Å². The van der Waals surface area contributed by atoms with Crippen molar-refractivity contribution in [3.63, 3.8) is 0 Å². The van der Waals surface area contributed by atoms with Crippen molar-refractivity contribution in [3.8, 4) is 0 Å². The molecule has 2 aliphatic rings. The van der Waals surface area contributed by atoms with E-state index in [2.05, 4.69) is 15.6 Å². The summed E-state index contributed by atoms with van der Waals surface area (Å²) in [5, 5.41) is 6.60. The van der Waals surface area contributed by atoms with Gasteiger partial charge >= 0.3 is 6.03 Å². The number of hydrogen-bond donors (Lipinski definition) is 2. The van der Waals surface area contributed by atoms with Crippen molar-refractivity contribution in [2.75, 3.05) is 26.2 Å². The average Bonchev–Trinajstić information content (AvgIpc) is 3.14. The molecule has 8 nitrogen and oxygen atoms in total. The number of hydrogen-bond acceptors (Lipinski definition) is 4. The number of nitrogens with one attached hydrogen (secondary N) is 2. The lowest BCUT2D eigenvalue weighted by Crippen LogP contribution is -2.47. The van der Waals surface area contributed by atoms with Crippen molar-refractivity contribution in [1.29, 1.82) is 0 Å². The zero-order valence-electron chi connectivity index (χ0n) is 18.7. The third kappa shape index (κ3) is 5.03. The molecule has 0 spiro atoms. The lowest BCUT2D eigenvalue weighted by atomic mass is 9.95. The van der Waals surface area contributed by atoms with Crippen LogP contribution < -0.4 is 10.6 Å². The molecule has 2 N–H and O–H groups in total. The van der Waals surface area contributed by atoms with Gasteiger partial charge in [0.15, 0.2) is 0 Å². The van der Waals surface area contributed by atoms with E-state index in [0.717, 1.165) is 5.69 Å². The smallest absolute Gasteiger partial charge is 0.322 e. The number of amides is 4. The number of pyridine rings is 1. The number of benzene rings is 1. The maximum absolute atomic E-state index is 13.4. The highest BCUT2D eigenvalue weighted by molar-refractivity contribution is 6.35. The lowest BCUT2D eigenvalue weighted by molar-refractivity contribution is -0.127. The van der Waals surface area contributed by atoms with Gasteiger partial charge in [-0.1, -0.05) is 35.3 Å². The molecule has 2 aliphatic heterocycles. The van der Waals surface area contributed by atoms with Crippen LogP contribution in [0.2, 0.25) is 10.0 Å². The number of aromatic nitrogens is 1. The molecule has 0 bridgehead atoms. The van der Waals surface area contributed by atoms with E-state index in [1.165, 1.54) is 0 Å². The molecule has 2 aromatic rings. The Bertz CT molecular complexity index is 1140. The van der Waals surface area contributed by atoms with Crippen LogP contribution in [0.5, 0.6) is 0 Å². The Balaban J connectivity index is 1.43. The van der Waals surface area contributed by atoms with E-state index in [1.807, 2.05) is 25.1 Å². The zero-order chi connectivity index (χ0) is 24.2. The van der Waals surface area contributed by atoms with E-state index >= 15 is 0 Å². The van der Waals surface area contributed by atoms with E-state index in [4.69, 9.17) is 23.2 Å². The molecule has 10 heteroatoms. The van der Waals surface area contributed by atoms with Crippen molar-refractivity contribution in [2.24, 2.45) is 0 Å². The second-order valence-corrected chi connectivity index (χ2v) is 8.89. The summed E-state index contributed by atoms with van der Waals surface area (Å²) in [4.78, 5) is 45.9. The van der Waals surface area contributed by atoms with Crippen LogP contribution in [-0.4, -0.2) is 58.8 Å². The Hall–Kier alpha value is -3.10. The van der Waals surface area contributed by atoms with Crippen molar-refractivity contribution >= 4 is 41.0 Å². The maximum Gasteiger partial charge on any atom is 0.322 e. The van der Waals surface area contributed by atoms with Crippen molar-refractivity contribution in [2.45, 2.75) is 25.8 Å². The second kappa shape index (κ2) is 10.4. The average molecular weight is 502 g/mol. The Morgan fingerprint density at radius 2 is 2.06 bits per heavy atom. The van der Waals surface area contributed by atoms with E-state index in [9.17, 15) is 14.4 Å². The van der Waals surface area contributed by atoms with E-state index in [0.29, 0.717) is 46.4 Å². The first-order valence-corrected chi connectivity index (χ1v) is 11.9. The summed E-state index contributed by atoms with van der Waals surface area (Å²) in [7, 11) is 0. The van der Waals surface area contributed by atoms with Crippen molar-refractivity contribution in [1.82, 2.24) is 25.4 Å². The highest BCUT2D eigenvalue weighted by Crippen LogP contribution is 2.39. The number of halogens is 2. The summed E-state index contributed by atoms with van der Waals surface area (Å²) >= 11 is 12.4. The molecule has 4 amide bonds. The maximum atomic E-state index is 13.4. The van der Waals surface area contributed by atoms with Gasteiger partial charge in [0.2, 0.25) is 5.91 Å². The quantitative estimate of drug-likeness (QED) is 0.579. The van der Waals surface area contributed by atoms with Crippen LogP contribution in [0.1, 0.15) is 30.6 Å². The van der Waals surface area contributed by atoms with Gasteiger partial charge in [0.05, 0.1) is 23.9 Å². The van der Waals surface area contributed by atoms with Crippen molar-refractivity contribution < 1.29 is 14.4 Å². The van der Waals surface area contributed by atoms with Gasteiger partial charge in [-0.15, -0.1) is 0 Å². The molecular weight excluding hydrogens is 477 g/mol. The summed E-state index contributed by atoms with van der Waals surface area (Å²) < 4.78 is 0. The second-order valence-electron chi connectivity index (χ2n) is 8.05. The van der Waals surface area contributed by atoms with Gasteiger partial charge in [-0.2, -0.15) is 0 Å². The lowest BCUT2D eigenvalue weighted by Gasteiger charge is -2.33. The summed E-state index contributed by atoms with van der Waals surface area (Å²) in [6, 6.07) is 9.66. The van der Waals surface area contributed by atoms with E-state index < -0.39 is 6.04 Å². The van der Waals surface area contributed by atoms with Gasteiger partial charge in [-0.25, -0.2) is 4.79 Å². The molecule has 0 radical (unpaired) electrons. The molecule has 0 aliphatic carbocycles. The molecule has 1 aromatic heterocycles. The van der Waals surface area contributed by atoms with Gasteiger partial charge < -0.3 is 15.5 Å². The molecule has 0 saturated carbocycles. The minimum Gasteiger partial charge on any atom is -0.356 e. The number of nitrogens with zero attached hydrogens (tertiary/aromatic N) is 3. The Kier molecular flexibility index (Phi) is 7.38. The monoisotopic (exact) mass is 501 g/mol. The molecule has 0 fully saturated rings. The standard InChI is InChI=1S/C24H25Cl2N5O3/c1-2-31-19-14-30(12-9-20(32)28-11-8-16-5-3-4-10-27-16)23(33)21(19)22(29-24(31)34)17-7-6-15(25)13-18(17)26/h3-7,10,13,22H,2,8-9,11-12,14H2,1H3,(H,28,32)(H,29,34)/t22-/m0/s1. The molecule has 0 unspecified atom stereocenters. The summed E-state index contributed by atoms with van der Waals surface area (Å²) in [6.07, 6.45) is 2.51. The highest BCUT2D eigenvalue weighted by Gasteiger charge is 2.44. The minimum atomic E-state index is -0.681. The highest BCUT2D eigenvalue weighted by atomic mass is 35.5. The van der Waals surface area contributed by atoms with Gasteiger partial charge in [0.25, 0.3) is 5.91 Å². The predicted octanol–water partition coefficient (Wildman–Crippen LogP) is 3.32. The number of urea groups is 1. The molecule has 34 heavy (non-hydrogen) atoms. The minimum absolute atomic E-state index is 0.146. The fourth-order valence-electron chi connectivity index (χ4n) is 4.23. The number of carbonyl (C=O) groups excluding carboxylic acids is 3. The van der Waals surface area contributed by atoms with Crippen LogP contribution in [-0.2, 0) is 16.0 Å². The topological polar surface area (TPSA) is 94.6 Å². The molecule has 3 heterocycles. The number of likely N-dealkylation sites (N-methyl/N-ethyl adjacent to an activating group) is 1. The zero-order valence-corrected chi connectivity index (χ0v) is 20.2. The number of carbonyl (C=O) groups is 3. The normalized spacial score (nSPS) is 17.7. The molecule has 0 saturated heterocycles. The van der Waals surface area contributed by atoms with Gasteiger partial charge in [0, 0.05) is 54.4 Å². The fraction of sp³-hybridized carbons (Fsp3) is 0.333. The Labute approximate surface area is 207 Å².